The fourth-order valence-electron chi connectivity index (χ4n) is 2.03. The third kappa shape index (κ3) is 2.67. The van der Waals surface area contributed by atoms with Gasteiger partial charge in [-0.05, 0) is 44.2 Å². The number of hydrogen-bond acceptors (Lipinski definition) is 4. The fourth-order valence-corrected chi connectivity index (χ4v) is 2.39. The molecule has 0 spiro atoms. The zero-order chi connectivity index (χ0) is 15.0. The van der Waals surface area contributed by atoms with Crippen LogP contribution in [-0.4, -0.2) is 15.9 Å². The molecule has 0 atom stereocenters. The molecule has 0 bridgehead atoms. The Kier molecular flexibility index (Phi) is 3.47. The molecule has 0 amide bonds. The Labute approximate surface area is 129 Å². The van der Waals surface area contributed by atoms with Gasteiger partial charge < -0.3 is 4.42 Å². The Morgan fingerprint density at radius 1 is 1.29 bits per heavy atom. The monoisotopic (exact) mass is 345 g/mol. The maximum Gasteiger partial charge on any atom is 0.282 e. The standard InChI is InChI=1S/C15H12BrN3O2/c1-9-3-5-12(21-9)8-17-19-10(2)18-14-6-4-11(16)7-13(14)15(19)20/h3-8H,1-2H3/b17-8+. The summed E-state index contributed by atoms with van der Waals surface area (Å²) in [7, 11) is 0. The van der Waals surface area contributed by atoms with E-state index in [4.69, 9.17) is 4.42 Å². The van der Waals surface area contributed by atoms with Crippen molar-refractivity contribution >= 4 is 33.0 Å². The third-order valence-corrected chi connectivity index (χ3v) is 3.53. The van der Waals surface area contributed by atoms with Crippen LogP contribution < -0.4 is 5.56 Å². The summed E-state index contributed by atoms with van der Waals surface area (Å²) in [4.78, 5) is 16.9. The molecular formula is C15H12BrN3O2. The Morgan fingerprint density at radius 3 is 2.81 bits per heavy atom. The van der Waals surface area contributed by atoms with Crippen molar-refractivity contribution in [1.29, 1.82) is 0 Å². The summed E-state index contributed by atoms with van der Waals surface area (Å²) in [5.74, 6) is 1.91. The molecule has 0 aliphatic carbocycles. The van der Waals surface area contributed by atoms with Gasteiger partial charge in [0.2, 0.25) is 0 Å². The van der Waals surface area contributed by atoms with Gasteiger partial charge in [0.15, 0.2) is 0 Å². The smallest absolute Gasteiger partial charge is 0.282 e. The lowest BCUT2D eigenvalue weighted by Gasteiger charge is -2.05. The molecule has 1 aromatic carbocycles. The molecule has 2 aromatic heterocycles. The molecule has 0 N–H and O–H groups in total. The van der Waals surface area contributed by atoms with Crippen LogP contribution in [0.4, 0.5) is 0 Å². The molecule has 0 aliphatic heterocycles. The van der Waals surface area contributed by atoms with Crippen LogP contribution in [-0.2, 0) is 0 Å². The van der Waals surface area contributed by atoms with Crippen molar-refractivity contribution in [3.63, 3.8) is 0 Å². The number of aryl methyl sites for hydroxylation is 2. The molecule has 3 aromatic rings. The molecule has 0 fully saturated rings. The van der Waals surface area contributed by atoms with Gasteiger partial charge in [0, 0.05) is 4.47 Å². The van der Waals surface area contributed by atoms with E-state index < -0.39 is 0 Å². The molecule has 0 saturated carbocycles. The maximum atomic E-state index is 12.5. The number of aromatic nitrogens is 2. The Bertz CT molecular complexity index is 909. The average molecular weight is 346 g/mol. The Hall–Kier alpha value is -2.21. The molecule has 0 aliphatic rings. The minimum atomic E-state index is -0.210. The van der Waals surface area contributed by atoms with Gasteiger partial charge in [-0.25, -0.2) is 4.98 Å². The number of halogens is 1. The van der Waals surface area contributed by atoms with Gasteiger partial charge >= 0.3 is 0 Å². The highest BCUT2D eigenvalue weighted by Gasteiger charge is 2.07. The molecule has 2 heterocycles. The number of rotatable bonds is 2. The van der Waals surface area contributed by atoms with Gasteiger partial charge in [0.05, 0.1) is 17.1 Å². The van der Waals surface area contributed by atoms with Crippen molar-refractivity contribution in [3.05, 3.63) is 62.5 Å². The lowest BCUT2D eigenvalue weighted by atomic mass is 10.2. The van der Waals surface area contributed by atoms with E-state index >= 15 is 0 Å². The van der Waals surface area contributed by atoms with Gasteiger partial charge in [0.25, 0.3) is 5.56 Å². The molecule has 3 rings (SSSR count). The molecule has 0 radical (unpaired) electrons. The predicted octanol–water partition coefficient (Wildman–Crippen LogP) is 3.25. The van der Waals surface area contributed by atoms with Crippen LogP contribution in [0.3, 0.4) is 0 Å². The van der Waals surface area contributed by atoms with E-state index in [0.717, 1.165) is 10.2 Å². The highest BCUT2D eigenvalue weighted by molar-refractivity contribution is 9.10. The lowest BCUT2D eigenvalue weighted by molar-refractivity contribution is 0.527. The number of nitrogens with zero attached hydrogens (tertiary/aromatic N) is 3. The number of hydrogen-bond donors (Lipinski definition) is 0. The van der Waals surface area contributed by atoms with E-state index in [2.05, 4.69) is 26.0 Å². The third-order valence-electron chi connectivity index (χ3n) is 3.03. The number of benzene rings is 1. The first kappa shape index (κ1) is 13.8. The van der Waals surface area contributed by atoms with Crippen LogP contribution in [0.25, 0.3) is 10.9 Å². The fraction of sp³-hybridized carbons (Fsp3) is 0.133. The van der Waals surface area contributed by atoms with Crippen molar-refractivity contribution < 1.29 is 4.42 Å². The van der Waals surface area contributed by atoms with Crippen LogP contribution in [0, 0.1) is 13.8 Å². The summed E-state index contributed by atoms with van der Waals surface area (Å²) in [6, 6.07) is 9.04. The van der Waals surface area contributed by atoms with Crippen LogP contribution in [0.1, 0.15) is 17.3 Å². The summed E-state index contributed by atoms with van der Waals surface area (Å²) in [6.07, 6.45) is 1.51. The van der Waals surface area contributed by atoms with Gasteiger partial charge in [0.1, 0.15) is 17.3 Å². The molecule has 106 valence electrons. The van der Waals surface area contributed by atoms with Gasteiger partial charge in [-0.3, -0.25) is 4.79 Å². The van der Waals surface area contributed by atoms with Crippen molar-refractivity contribution in [2.75, 3.05) is 0 Å². The zero-order valence-electron chi connectivity index (χ0n) is 11.5. The van der Waals surface area contributed by atoms with E-state index in [1.54, 1.807) is 25.1 Å². The topological polar surface area (TPSA) is 60.4 Å². The van der Waals surface area contributed by atoms with E-state index in [1.165, 1.54) is 10.9 Å². The maximum absolute atomic E-state index is 12.5. The molecular weight excluding hydrogens is 334 g/mol. The summed E-state index contributed by atoms with van der Waals surface area (Å²) < 4.78 is 7.50. The number of fused-ring (bicyclic) bond motifs is 1. The summed E-state index contributed by atoms with van der Waals surface area (Å²) in [5.41, 5.74) is 0.444. The van der Waals surface area contributed by atoms with E-state index in [9.17, 15) is 4.79 Å². The first-order valence-electron chi connectivity index (χ1n) is 6.34. The second kappa shape index (κ2) is 5.29. The van der Waals surface area contributed by atoms with Crippen LogP contribution >= 0.6 is 15.9 Å². The van der Waals surface area contributed by atoms with Crippen molar-refractivity contribution in [2.24, 2.45) is 5.10 Å². The van der Waals surface area contributed by atoms with Crippen LogP contribution in [0.2, 0.25) is 0 Å². The highest BCUT2D eigenvalue weighted by Crippen LogP contribution is 2.15. The minimum Gasteiger partial charge on any atom is -0.460 e. The largest absolute Gasteiger partial charge is 0.460 e. The van der Waals surface area contributed by atoms with E-state index in [-0.39, 0.29) is 5.56 Å². The van der Waals surface area contributed by atoms with Crippen molar-refractivity contribution in [1.82, 2.24) is 9.66 Å². The van der Waals surface area contributed by atoms with Gasteiger partial charge in [-0.2, -0.15) is 9.78 Å². The van der Waals surface area contributed by atoms with E-state index in [0.29, 0.717) is 22.5 Å². The van der Waals surface area contributed by atoms with Crippen LogP contribution in [0.5, 0.6) is 0 Å². The zero-order valence-corrected chi connectivity index (χ0v) is 13.1. The quantitative estimate of drug-likeness (QED) is 0.669. The van der Waals surface area contributed by atoms with Crippen LogP contribution in [0.15, 0.2) is 49.1 Å². The first-order valence-corrected chi connectivity index (χ1v) is 7.13. The van der Waals surface area contributed by atoms with Gasteiger partial charge in [-0.15, -0.1) is 0 Å². The summed E-state index contributed by atoms with van der Waals surface area (Å²) in [5, 5.41) is 4.69. The number of furan rings is 1. The summed E-state index contributed by atoms with van der Waals surface area (Å²) >= 11 is 3.36. The Morgan fingerprint density at radius 2 is 2.10 bits per heavy atom. The first-order chi connectivity index (χ1) is 10.0. The molecule has 5 nitrogen and oxygen atoms in total. The van der Waals surface area contributed by atoms with Crippen molar-refractivity contribution in [3.8, 4) is 0 Å². The normalized spacial score (nSPS) is 11.6. The van der Waals surface area contributed by atoms with Crippen molar-refractivity contribution in [2.45, 2.75) is 13.8 Å². The van der Waals surface area contributed by atoms with E-state index in [1.807, 2.05) is 19.1 Å². The SMILES string of the molecule is Cc1ccc(/C=N/n2c(C)nc3ccc(Br)cc3c2=O)o1. The molecule has 6 heteroatoms. The predicted molar refractivity (Wildman–Crippen MR) is 84.9 cm³/mol. The highest BCUT2D eigenvalue weighted by atomic mass is 79.9. The molecule has 0 unspecified atom stereocenters. The Balaban J connectivity index is 2.14. The second-order valence-electron chi connectivity index (χ2n) is 4.63. The molecule has 0 saturated heterocycles. The average Bonchev–Trinajstić information content (AvgIpc) is 2.85. The summed E-state index contributed by atoms with van der Waals surface area (Å²) in [6.45, 7) is 3.59. The molecule has 21 heavy (non-hydrogen) atoms. The second-order valence-corrected chi connectivity index (χ2v) is 5.55. The van der Waals surface area contributed by atoms with Gasteiger partial charge in [-0.1, -0.05) is 15.9 Å². The lowest BCUT2D eigenvalue weighted by Crippen LogP contribution is -2.20. The minimum absolute atomic E-state index is 0.210.